The monoisotopic (exact) mass is 407 g/mol. The van der Waals surface area contributed by atoms with Gasteiger partial charge in [0.2, 0.25) is 0 Å². The largest absolute Gasteiger partial charge is 0.324 e. The van der Waals surface area contributed by atoms with Crippen molar-refractivity contribution in [1.82, 2.24) is 0 Å². The molecule has 1 unspecified atom stereocenters. The van der Waals surface area contributed by atoms with Gasteiger partial charge in [-0.15, -0.1) is 0 Å². The van der Waals surface area contributed by atoms with Crippen LogP contribution < -0.4 is 5.73 Å². The van der Waals surface area contributed by atoms with Gasteiger partial charge in [-0.1, -0.05) is 28.1 Å². The van der Waals surface area contributed by atoms with Crippen LogP contribution in [-0.4, -0.2) is 0 Å². The average molecular weight is 409 g/mol. The van der Waals surface area contributed by atoms with Crippen LogP contribution >= 0.6 is 31.9 Å². The minimum absolute atomic E-state index is 0.0254. The molecule has 0 aliphatic rings. The van der Waals surface area contributed by atoms with Crippen molar-refractivity contribution in [2.24, 2.45) is 5.73 Å². The second-order valence-corrected chi connectivity index (χ2v) is 6.02. The molecule has 0 saturated heterocycles. The van der Waals surface area contributed by atoms with Crippen molar-refractivity contribution in [2.75, 3.05) is 0 Å². The van der Waals surface area contributed by atoms with Crippen molar-refractivity contribution in [2.45, 2.75) is 12.5 Å². The van der Waals surface area contributed by atoms with Gasteiger partial charge in [-0.05, 0) is 51.7 Å². The lowest BCUT2D eigenvalue weighted by atomic mass is 9.99. The molecule has 2 N–H and O–H groups in total. The second-order valence-electron chi connectivity index (χ2n) is 4.31. The molecule has 0 heterocycles. The lowest BCUT2D eigenvalue weighted by Crippen LogP contribution is -2.15. The zero-order chi connectivity index (χ0) is 14.9. The molecule has 0 amide bonds. The number of benzene rings is 2. The Bertz CT molecular complexity index is 647. The van der Waals surface area contributed by atoms with Gasteiger partial charge in [-0.25, -0.2) is 13.2 Å². The molecule has 106 valence electrons. The normalized spacial score (nSPS) is 12.5. The highest BCUT2D eigenvalue weighted by Crippen LogP contribution is 2.29. The van der Waals surface area contributed by atoms with Crippen molar-refractivity contribution in [3.05, 3.63) is 67.9 Å². The van der Waals surface area contributed by atoms with E-state index in [0.29, 0.717) is 15.6 Å². The maximum atomic E-state index is 13.7. The summed E-state index contributed by atoms with van der Waals surface area (Å²) in [6.07, 6.45) is 0.183. The predicted octanol–water partition coefficient (Wildman–Crippen LogP) is 4.87. The van der Waals surface area contributed by atoms with Crippen LogP contribution in [0, 0.1) is 17.5 Å². The predicted molar refractivity (Wildman–Crippen MR) is 78.8 cm³/mol. The molecule has 0 spiro atoms. The second kappa shape index (κ2) is 6.28. The summed E-state index contributed by atoms with van der Waals surface area (Å²) in [5.41, 5.74) is 6.77. The van der Waals surface area contributed by atoms with Gasteiger partial charge in [-0.2, -0.15) is 0 Å². The van der Waals surface area contributed by atoms with E-state index in [1.807, 2.05) is 0 Å². The molecule has 1 atom stereocenters. The summed E-state index contributed by atoms with van der Waals surface area (Å²) in [5.74, 6) is -2.34. The first-order valence-corrected chi connectivity index (χ1v) is 7.31. The summed E-state index contributed by atoms with van der Waals surface area (Å²) < 4.78 is 40.9. The number of nitrogens with two attached hydrogens (primary N) is 1. The molecule has 1 nitrogen and oxygen atoms in total. The molecular weight excluding hydrogens is 399 g/mol. The van der Waals surface area contributed by atoms with Crippen LogP contribution in [0.2, 0.25) is 0 Å². The van der Waals surface area contributed by atoms with Crippen molar-refractivity contribution in [3.8, 4) is 0 Å². The fraction of sp³-hybridized carbons (Fsp3) is 0.143. The first kappa shape index (κ1) is 15.5. The molecule has 6 heteroatoms. The lowest BCUT2D eigenvalue weighted by molar-refractivity contribution is 0.499. The van der Waals surface area contributed by atoms with Gasteiger partial charge in [0.25, 0.3) is 0 Å². The summed E-state index contributed by atoms with van der Waals surface area (Å²) in [6.45, 7) is 0. The van der Waals surface area contributed by atoms with E-state index in [4.69, 9.17) is 5.73 Å². The Balaban J connectivity index is 2.28. The topological polar surface area (TPSA) is 26.0 Å². The van der Waals surface area contributed by atoms with E-state index in [1.165, 1.54) is 12.1 Å². The van der Waals surface area contributed by atoms with E-state index >= 15 is 0 Å². The average Bonchev–Trinajstić information content (AvgIpc) is 2.39. The summed E-state index contributed by atoms with van der Waals surface area (Å²) in [7, 11) is 0. The van der Waals surface area contributed by atoms with Crippen LogP contribution in [0.1, 0.15) is 17.2 Å². The van der Waals surface area contributed by atoms with Gasteiger partial charge in [0, 0.05) is 10.5 Å². The number of hydrogen-bond acceptors (Lipinski definition) is 1. The van der Waals surface area contributed by atoms with Crippen molar-refractivity contribution in [3.63, 3.8) is 0 Å². The molecular formula is C14H10Br2F3N. The Morgan fingerprint density at radius 2 is 1.70 bits per heavy atom. The van der Waals surface area contributed by atoms with E-state index in [9.17, 15) is 13.2 Å². The zero-order valence-electron chi connectivity index (χ0n) is 10.1. The summed E-state index contributed by atoms with van der Waals surface area (Å²) in [5, 5.41) is 0. The van der Waals surface area contributed by atoms with Crippen LogP contribution in [0.25, 0.3) is 0 Å². The Kier molecular flexibility index (Phi) is 4.88. The minimum Gasteiger partial charge on any atom is -0.324 e. The number of halogens is 5. The maximum absolute atomic E-state index is 13.7. The van der Waals surface area contributed by atoms with E-state index in [0.717, 1.165) is 6.07 Å². The lowest BCUT2D eigenvalue weighted by Gasteiger charge is -2.15. The Morgan fingerprint density at radius 1 is 1.00 bits per heavy atom. The van der Waals surface area contributed by atoms with Crippen LogP contribution in [-0.2, 0) is 6.42 Å². The molecule has 2 rings (SSSR count). The maximum Gasteiger partial charge on any atom is 0.173 e. The van der Waals surface area contributed by atoms with Crippen LogP contribution in [0.5, 0.6) is 0 Å². The molecule has 0 bridgehead atoms. The SMILES string of the molecule is NC(Cc1ccc(Br)cc1F)c1ccc(F)c(F)c1Br. The van der Waals surface area contributed by atoms with Crippen molar-refractivity contribution < 1.29 is 13.2 Å². The molecule has 0 aromatic heterocycles. The summed E-state index contributed by atoms with van der Waals surface area (Å²) in [4.78, 5) is 0. The third-order valence-electron chi connectivity index (χ3n) is 2.92. The van der Waals surface area contributed by atoms with Gasteiger partial charge in [-0.3, -0.25) is 0 Å². The molecule has 0 fully saturated rings. The van der Waals surface area contributed by atoms with Crippen LogP contribution in [0.15, 0.2) is 39.3 Å². The highest BCUT2D eigenvalue weighted by molar-refractivity contribution is 9.10. The Labute approximate surface area is 131 Å². The molecule has 0 radical (unpaired) electrons. The fourth-order valence-corrected chi connectivity index (χ4v) is 2.81. The zero-order valence-corrected chi connectivity index (χ0v) is 13.3. The Hall–Kier alpha value is -0.850. The quantitative estimate of drug-likeness (QED) is 0.720. The van der Waals surface area contributed by atoms with Gasteiger partial charge < -0.3 is 5.73 Å². The van der Waals surface area contributed by atoms with E-state index < -0.39 is 23.5 Å². The van der Waals surface area contributed by atoms with Gasteiger partial charge in [0.05, 0.1) is 4.47 Å². The third kappa shape index (κ3) is 3.24. The molecule has 0 aliphatic carbocycles. The highest BCUT2D eigenvalue weighted by atomic mass is 79.9. The van der Waals surface area contributed by atoms with E-state index in [-0.39, 0.29) is 10.9 Å². The van der Waals surface area contributed by atoms with Gasteiger partial charge >= 0.3 is 0 Å². The summed E-state index contributed by atoms with van der Waals surface area (Å²) >= 11 is 6.15. The number of hydrogen-bond donors (Lipinski definition) is 1. The number of rotatable bonds is 3. The molecule has 2 aromatic carbocycles. The van der Waals surface area contributed by atoms with E-state index in [2.05, 4.69) is 31.9 Å². The van der Waals surface area contributed by atoms with E-state index in [1.54, 1.807) is 12.1 Å². The summed E-state index contributed by atoms with van der Waals surface area (Å²) in [6, 6.07) is 6.40. The third-order valence-corrected chi connectivity index (χ3v) is 4.22. The Morgan fingerprint density at radius 3 is 2.35 bits per heavy atom. The minimum atomic E-state index is -0.991. The van der Waals surface area contributed by atoms with Crippen molar-refractivity contribution >= 4 is 31.9 Å². The fourth-order valence-electron chi connectivity index (χ4n) is 1.86. The smallest absolute Gasteiger partial charge is 0.173 e. The van der Waals surface area contributed by atoms with Crippen LogP contribution in [0.3, 0.4) is 0 Å². The molecule has 2 aromatic rings. The van der Waals surface area contributed by atoms with Gasteiger partial charge in [0.1, 0.15) is 5.82 Å². The molecule has 20 heavy (non-hydrogen) atoms. The van der Waals surface area contributed by atoms with Gasteiger partial charge in [0.15, 0.2) is 11.6 Å². The highest BCUT2D eigenvalue weighted by Gasteiger charge is 2.17. The first-order chi connectivity index (χ1) is 9.40. The standard InChI is InChI=1S/C14H10Br2F3N/c15-8-2-1-7(11(18)6-8)5-12(20)9-3-4-10(17)14(19)13(9)16/h1-4,6,12H,5,20H2. The van der Waals surface area contributed by atoms with Crippen LogP contribution in [0.4, 0.5) is 13.2 Å². The molecule has 0 saturated carbocycles. The first-order valence-electron chi connectivity index (χ1n) is 5.73. The molecule has 0 aliphatic heterocycles. The van der Waals surface area contributed by atoms with Crippen molar-refractivity contribution in [1.29, 1.82) is 0 Å².